The molecular weight excluding hydrogens is 251 g/mol. The van der Waals surface area contributed by atoms with Crippen LogP contribution in [-0.4, -0.2) is 7.11 Å². The lowest BCUT2D eigenvalue weighted by molar-refractivity contribution is 0.336. The van der Waals surface area contributed by atoms with Crippen LogP contribution in [0, 0.1) is 0 Å². The number of halogens is 1. The van der Waals surface area contributed by atoms with E-state index < -0.39 is 0 Å². The number of ether oxygens (including phenoxy) is 1. The molecule has 0 aliphatic carbocycles. The van der Waals surface area contributed by atoms with Gasteiger partial charge in [-0.1, -0.05) is 6.58 Å². The third kappa shape index (κ3) is 6.04. The fourth-order valence-corrected chi connectivity index (χ4v) is 1.04. The molecule has 0 rings (SSSR count). The molecule has 4 heteroatoms. The fourth-order valence-electron chi connectivity index (χ4n) is 0.212. The SMILES string of the molecule is C=C(/C=C/OC)OSI. The van der Waals surface area contributed by atoms with Gasteiger partial charge in [0.25, 0.3) is 0 Å². The molecule has 9 heavy (non-hydrogen) atoms. The van der Waals surface area contributed by atoms with E-state index in [9.17, 15) is 0 Å². The second-order valence-corrected chi connectivity index (χ2v) is 2.52. The molecule has 2 nitrogen and oxygen atoms in total. The van der Waals surface area contributed by atoms with Gasteiger partial charge in [0.05, 0.1) is 13.4 Å². The molecule has 0 aliphatic heterocycles. The van der Waals surface area contributed by atoms with Gasteiger partial charge in [0.2, 0.25) is 0 Å². The molecule has 52 valence electrons. The van der Waals surface area contributed by atoms with Gasteiger partial charge >= 0.3 is 0 Å². The van der Waals surface area contributed by atoms with E-state index in [1.165, 1.54) is 15.5 Å². The predicted octanol–water partition coefficient (Wildman–Crippen LogP) is 2.68. The average molecular weight is 258 g/mol. The van der Waals surface area contributed by atoms with E-state index in [4.69, 9.17) is 4.18 Å². The maximum atomic E-state index is 4.89. The summed E-state index contributed by atoms with van der Waals surface area (Å²) in [5, 5.41) is 0. The molecule has 0 aromatic heterocycles. The molecule has 0 heterocycles. The Morgan fingerprint density at radius 2 is 2.44 bits per heavy atom. The number of rotatable bonds is 4. The van der Waals surface area contributed by atoms with Crippen molar-refractivity contribution in [1.82, 2.24) is 0 Å². The Balaban J connectivity index is 3.37. The van der Waals surface area contributed by atoms with Crippen molar-refractivity contribution in [3.05, 3.63) is 24.7 Å². The molecule has 0 fully saturated rings. The molecule has 0 aromatic carbocycles. The quantitative estimate of drug-likeness (QED) is 0.334. The molecule has 0 N–H and O–H groups in total. The minimum Gasteiger partial charge on any atom is -0.504 e. The highest BCUT2D eigenvalue weighted by atomic mass is 127. The van der Waals surface area contributed by atoms with E-state index in [1.54, 1.807) is 13.2 Å². The van der Waals surface area contributed by atoms with Gasteiger partial charge in [-0.2, -0.15) is 0 Å². The molecule has 0 aromatic rings. The first kappa shape index (κ1) is 9.16. The molecule has 0 aliphatic rings. The maximum absolute atomic E-state index is 4.89. The summed E-state index contributed by atoms with van der Waals surface area (Å²) in [5.41, 5.74) is 0. The van der Waals surface area contributed by atoms with Crippen molar-refractivity contribution < 1.29 is 8.92 Å². The zero-order chi connectivity index (χ0) is 7.11. The minimum atomic E-state index is 0.580. The summed E-state index contributed by atoms with van der Waals surface area (Å²) >= 11 is 2.01. The molecule has 0 bridgehead atoms. The summed E-state index contributed by atoms with van der Waals surface area (Å²) in [6.07, 6.45) is 3.15. The molecular formula is C5H7IO2S. The highest BCUT2D eigenvalue weighted by Crippen LogP contribution is 2.17. The van der Waals surface area contributed by atoms with Gasteiger partial charge in [0.15, 0.2) is 0 Å². The Bertz CT molecular complexity index is 114. The molecule has 0 amide bonds. The lowest BCUT2D eigenvalue weighted by atomic mass is 10.5. The van der Waals surface area contributed by atoms with Gasteiger partial charge < -0.3 is 8.92 Å². The molecule has 0 spiro atoms. The van der Waals surface area contributed by atoms with Crippen LogP contribution in [0.4, 0.5) is 0 Å². The van der Waals surface area contributed by atoms with Gasteiger partial charge in [0, 0.05) is 27.3 Å². The third-order valence-corrected chi connectivity index (χ3v) is 1.34. The van der Waals surface area contributed by atoms with E-state index in [2.05, 4.69) is 11.3 Å². The zero-order valence-electron chi connectivity index (χ0n) is 4.96. The van der Waals surface area contributed by atoms with Crippen molar-refractivity contribution in [2.75, 3.05) is 7.11 Å². The van der Waals surface area contributed by atoms with Crippen molar-refractivity contribution in [2.24, 2.45) is 0 Å². The van der Waals surface area contributed by atoms with Gasteiger partial charge in [0.1, 0.15) is 15.0 Å². The topological polar surface area (TPSA) is 18.5 Å². The summed E-state index contributed by atoms with van der Waals surface area (Å²) < 4.78 is 9.51. The fraction of sp³-hybridized carbons (Fsp3) is 0.200. The predicted molar refractivity (Wildman–Crippen MR) is 48.0 cm³/mol. The Hall–Kier alpha value is 0.160. The smallest absolute Gasteiger partial charge is 0.134 e. The van der Waals surface area contributed by atoms with Crippen LogP contribution in [0.3, 0.4) is 0 Å². The number of hydrogen-bond donors (Lipinski definition) is 0. The van der Waals surface area contributed by atoms with Crippen molar-refractivity contribution >= 4 is 30.4 Å². The molecule has 0 saturated heterocycles. The van der Waals surface area contributed by atoms with Gasteiger partial charge in [-0.15, -0.1) is 0 Å². The molecule has 0 unspecified atom stereocenters. The Kier molecular flexibility index (Phi) is 6.39. The highest BCUT2D eigenvalue weighted by molar-refractivity contribution is 14.2. The van der Waals surface area contributed by atoms with E-state index in [-0.39, 0.29) is 0 Å². The van der Waals surface area contributed by atoms with Crippen LogP contribution in [0.25, 0.3) is 0 Å². The second kappa shape index (κ2) is 6.28. The lowest BCUT2D eigenvalue weighted by Crippen LogP contribution is -1.73. The summed E-state index contributed by atoms with van der Waals surface area (Å²) in [6.45, 7) is 3.57. The summed E-state index contributed by atoms with van der Waals surface area (Å²) in [4.78, 5) is 0. The van der Waals surface area contributed by atoms with Crippen LogP contribution in [0.15, 0.2) is 24.7 Å². The highest BCUT2D eigenvalue weighted by Gasteiger charge is 1.84. The van der Waals surface area contributed by atoms with Crippen LogP contribution in [0.2, 0.25) is 0 Å². The van der Waals surface area contributed by atoms with Crippen LogP contribution < -0.4 is 0 Å². The first-order valence-electron chi connectivity index (χ1n) is 2.14. The van der Waals surface area contributed by atoms with Crippen LogP contribution in [0.5, 0.6) is 0 Å². The van der Waals surface area contributed by atoms with Crippen LogP contribution >= 0.6 is 30.4 Å². The Morgan fingerprint density at radius 3 is 2.89 bits per heavy atom. The first-order valence-corrected chi connectivity index (χ1v) is 5.43. The number of methoxy groups -OCH3 is 1. The van der Waals surface area contributed by atoms with Crippen molar-refractivity contribution in [1.29, 1.82) is 0 Å². The monoisotopic (exact) mass is 258 g/mol. The first-order chi connectivity index (χ1) is 4.31. The van der Waals surface area contributed by atoms with Crippen molar-refractivity contribution in [2.45, 2.75) is 0 Å². The number of allylic oxidation sites excluding steroid dienone is 1. The number of hydrogen-bond acceptors (Lipinski definition) is 3. The molecule has 0 saturated carbocycles. The largest absolute Gasteiger partial charge is 0.504 e. The van der Waals surface area contributed by atoms with Gasteiger partial charge in [-0.3, -0.25) is 0 Å². The van der Waals surface area contributed by atoms with Gasteiger partial charge in [-0.25, -0.2) is 0 Å². The normalized spacial score (nSPS) is 9.56. The molecule has 0 atom stereocenters. The Labute approximate surface area is 71.1 Å². The second-order valence-electron chi connectivity index (χ2n) is 1.15. The standard InChI is InChI=1S/C5H7IO2S/c1-5(8-9-6)3-4-7-2/h3-4H,1H2,2H3/b4-3+. The van der Waals surface area contributed by atoms with Gasteiger partial charge in [-0.05, 0) is 0 Å². The van der Waals surface area contributed by atoms with Crippen molar-refractivity contribution in [3.8, 4) is 0 Å². The van der Waals surface area contributed by atoms with E-state index >= 15 is 0 Å². The molecule has 0 radical (unpaired) electrons. The van der Waals surface area contributed by atoms with E-state index in [0.29, 0.717) is 5.76 Å². The van der Waals surface area contributed by atoms with Crippen LogP contribution in [-0.2, 0) is 8.92 Å². The maximum Gasteiger partial charge on any atom is 0.134 e. The lowest BCUT2D eigenvalue weighted by Gasteiger charge is -1.94. The summed E-state index contributed by atoms with van der Waals surface area (Å²) in [6, 6.07) is 0. The summed E-state index contributed by atoms with van der Waals surface area (Å²) in [7, 11) is 2.79. The average Bonchev–Trinajstić information content (AvgIpc) is 1.85. The minimum absolute atomic E-state index is 0.580. The van der Waals surface area contributed by atoms with E-state index in [1.807, 2.05) is 21.2 Å². The Morgan fingerprint density at radius 1 is 1.78 bits per heavy atom. The van der Waals surface area contributed by atoms with E-state index in [0.717, 1.165) is 0 Å². The van der Waals surface area contributed by atoms with Crippen molar-refractivity contribution in [3.63, 3.8) is 0 Å². The zero-order valence-corrected chi connectivity index (χ0v) is 7.94. The summed E-state index contributed by atoms with van der Waals surface area (Å²) in [5.74, 6) is 0.580. The van der Waals surface area contributed by atoms with Crippen LogP contribution in [0.1, 0.15) is 0 Å². The third-order valence-electron chi connectivity index (χ3n) is 0.529.